The summed E-state index contributed by atoms with van der Waals surface area (Å²) in [6, 6.07) is 4.74. The molecule has 1 aliphatic rings. The summed E-state index contributed by atoms with van der Waals surface area (Å²) in [4.78, 5) is 1.32. The van der Waals surface area contributed by atoms with Crippen molar-refractivity contribution < 1.29 is 0 Å². The zero-order valence-corrected chi connectivity index (χ0v) is 12.1. The van der Waals surface area contributed by atoms with Gasteiger partial charge in [-0.1, -0.05) is 19.9 Å². The molecular weight excluding hydrogens is 248 g/mol. The summed E-state index contributed by atoms with van der Waals surface area (Å²) in [6.45, 7) is 5.49. The van der Waals surface area contributed by atoms with Crippen LogP contribution in [0.15, 0.2) is 17.5 Å². The molecule has 2 rings (SSSR count). The average molecular weight is 268 g/mol. The minimum atomic E-state index is 0.473. The fourth-order valence-electron chi connectivity index (χ4n) is 2.38. The maximum Gasteiger partial charge on any atom is 0.166 e. The van der Waals surface area contributed by atoms with Gasteiger partial charge in [-0.25, -0.2) is 0 Å². The first-order valence-electron chi connectivity index (χ1n) is 6.12. The van der Waals surface area contributed by atoms with E-state index in [2.05, 4.69) is 42.0 Å². The van der Waals surface area contributed by atoms with E-state index in [0.717, 1.165) is 11.7 Å². The van der Waals surface area contributed by atoms with Crippen LogP contribution >= 0.6 is 23.6 Å². The summed E-state index contributed by atoms with van der Waals surface area (Å²) in [5.41, 5.74) is 0.473. The molecule has 0 aromatic carbocycles. The van der Waals surface area contributed by atoms with Gasteiger partial charge in [-0.3, -0.25) is 0 Å². The van der Waals surface area contributed by atoms with Gasteiger partial charge in [0.05, 0.1) is 6.54 Å². The number of nitrogens with one attached hydrogen (secondary N) is 2. The lowest BCUT2D eigenvalue weighted by molar-refractivity contribution is 0.372. The minimum Gasteiger partial charge on any atom is -0.360 e. The molecule has 0 radical (unpaired) electrons. The molecule has 1 aliphatic carbocycles. The van der Waals surface area contributed by atoms with Crippen molar-refractivity contribution in [1.82, 2.24) is 10.6 Å². The predicted molar refractivity (Wildman–Crippen MR) is 78.3 cm³/mol. The van der Waals surface area contributed by atoms with Crippen LogP contribution in [0.2, 0.25) is 0 Å². The van der Waals surface area contributed by atoms with E-state index in [1.165, 1.54) is 24.1 Å². The number of hydrogen-bond acceptors (Lipinski definition) is 2. The van der Waals surface area contributed by atoms with Gasteiger partial charge in [0, 0.05) is 10.9 Å². The zero-order chi connectivity index (χ0) is 12.3. The van der Waals surface area contributed by atoms with E-state index in [4.69, 9.17) is 12.2 Å². The van der Waals surface area contributed by atoms with Gasteiger partial charge in [0.1, 0.15) is 0 Å². The predicted octanol–water partition coefficient (Wildman–Crippen LogP) is 3.29. The molecule has 4 heteroatoms. The van der Waals surface area contributed by atoms with Crippen LogP contribution < -0.4 is 10.6 Å². The zero-order valence-electron chi connectivity index (χ0n) is 10.5. The van der Waals surface area contributed by atoms with Crippen molar-refractivity contribution in [3.8, 4) is 0 Å². The Labute approximate surface area is 113 Å². The molecule has 0 bridgehead atoms. The molecule has 17 heavy (non-hydrogen) atoms. The highest BCUT2D eigenvalue weighted by Crippen LogP contribution is 2.36. The molecule has 1 unspecified atom stereocenters. The lowest BCUT2D eigenvalue weighted by Gasteiger charge is -2.19. The van der Waals surface area contributed by atoms with Crippen LogP contribution in [0, 0.1) is 5.41 Å². The van der Waals surface area contributed by atoms with Crippen LogP contribution in [-0.4, -0.2) is 11.2 Å². The van der Waals surface area contributed by atoms with Gasteiger partial charge in [-0.2, -0.15) is 0 Å². The van der Waals surface area contributed by atoms with E-state index < -0.39 is 0 Å². The van der Waals surface area contributed by atoms with Gasteiger partial charge >= 0.3 is 0 Å². The summed E-state index contributed by atoms with van der Waals surface area (Å²) < 4.78 is 0. The molecule has 1 heterocycles. The van der Waals surface area contributed by atoms with E-state index in [1.54, 1.807) is 11.3 Å². The van der Waals surface area contributed by atoms with E-state index in [0.29, 0.717) is 11.5 Å². The number of hydrogen-bond donors (Lipinski definition) is 2. The first kappa shape index (κ1) is 12.8. The Morgan fingerprint density at radius 1 is 1.59 bits per heavy atom. The Bertz CT molecular complexity index is 371. The number of thiocarbonyl (C=S) groups is 1. The fourth-order valence-corrected chi connectivity index (χ4v) is 3.26. The second-order valence-electron chi connectivity index (χ2n) is 5.51. The normalized spacial score (nSPS) is 22.4. The Kier molecular flexibility index (Phi) is 4.05. The lowest BCUT2D eigenvalue weighted by atomic mass is 9.92. The highest BCUT2D eigenvalue weighted by Gasteiger charge is 2.30. The molecular formula is C13H20N2S2. The third-order valence-corrected chi connectivity index (χ3v) is 4.45. The van der Waals surface area contributed by atoms with Crippen LogP contribution in [0.3, 0.4) is 0 Å². The lowest BCUT2D eigenvalue weighted by Crippen LogP contribution is -2.40. The molecule has 2 nitrogen and oxygen atoms in total. The van der Waals surface area contributed by atoms with Crippen LogP contribution in [0.25, 0.3) is 0 Å². The van der Waals surface area contributed by atoms with Crippen molar-refractivity contribution in [2.24, 2.45) is 5.41 Å². The number of thiophene rings is 1. The Morgan fingerprint density at radius 2 is 2.41 bits per heavy atom. The Balaban J connectivity index is 1.71. The molecule has 2 N–H and O–H groups in total. The van der Waals surface area contributed by atoms with Crippen LogP contribution in [0.1, 0.15) is 38.0 Å². The highest BCUT2D eigenvalue weighted by atomic mass is 32.1. The van der Waals surface area contributed by atoms with E-state index in [9.17, 15) is 0 Å². The van der Waals surface area contributed by atoms with Crippen LogP contribution in [0.5, 0.6) is 0 Å². The van der Waals surface area contributed by atoms with Crippen LogP contribution in [-0.2, 0) is 6.54 Å². The maximum absolute atomic E-state index is 5.32. The molecule has 0 aliphatic heterocycles. The monoisotopic (exact) mass is 268 g/mol. The largest absolute Gasteiger partial charge is 0.360 e. The van der Waals surface area contributed by atoms with Crippen molar-refractivity contribution >= 4 is 28.7 Å². The first-order chi connectivity index (χ1) is 8.05. The first-order valence-corrected chi connectivity index (χ1v) is 7.41. The van der Waals surface area contributed by atoms with Crippen molar-refractivity contribution in [2.75, 3.05) is 0 Å². The Morgan fingerprint density at radius 3 is 3.00 bits per heavy atom. The molecule has 1 aromatic rings. The standard InChI is InChI=1S/C13H20N2S2/c1-13(2)6-5-10(8-13)15-12(16)14-9-11-4-3-7-17-11/h3-4,7,10H,5-6,8-9H2,1-2H3,(H2,14,15,16). The van der Waals surface area contributed by atoms with Gasteiger partial charge in [0.25, 0.3) is 0 Å². The maximum atomic E-state index is 5.32. The molecule has 94 valence electrons. The van der Waals surface area contributed by atoms with E-state index >= 15 is 0 Å². The second kappa shape index (κ2) is 5.36. The number of rotatable bonds is 3. The fraction of sp³-hybridized carbons (Fsp3) is 0.615. The van der Waals surface area contributed by atoms with Crippen molar-refractivity contribution in [3.05, 3.63) is 22.4 Å². The minimum absolute atomic E-state index is 0.473. The van der Waals surface area contributed by atoms with Gasteiger partial charge in [0.2, 0.25) is 0 Å². The van der Waals surface area contributed by atoms with E-state index in [-0.39, 0.29) is 0 Å². The van der Waals surface area contributed by atoms with Gasteiger partial charge in [0.15, 0.2) is 5.11 Å². The molecule has 0 saturated heterocycles. The van der Waals surface area contributed by atoms with Crippen molar-refractivity contribution in [3.63, 3.8) is 0 Å². The summed E-state index contributed by atoms with van der Waals surface area (Å²) in [5.74, 6) is 0. The Hall–Kier alpha value is -0.610. The van der Waals surface area contributed by atoms with Crippen molar-refractivity contribution in [1.29, 1.82) is 0 Å². The molecule has 1 aromatic heterocycles. The quantitative estimate of drug-likeness (QED) is 0.823. The SMILES string of the molecule is CC1(C)CCC(NC(=S)NCc2cccs2)C1. The second-order valence-corrected chi connectivity index (χ2v) is 6.95. The van der Waals surface area contributed by atoms with Gasteiger partial charge in [-0.05, 0) is 48.3 Å². The molecule has 0 spiro atoms. The molecule has 0 amide bonds. The third-order valence-electron chi connectivity index (χ3n) is 3.31. The molecule has 1 saturated carbocycles. The van der Waals surface area contributed by atoms with Crippen LogP contribution in [0.4, 0.5) is 0 Å². The van der Waals surface area contributed by atoms with E-state index in [1.807, 2.05) is 0 Å². The molecule has 1 fully saturated rings. The van der Waals surface area contributed by atoms with Crippen molar-refractivity contribution in [2.45, 2.75) is 45.7 Å². The van der Waals surface area contributed by atoms with Gasteiger partial charge < -0.3 is 10.6 Å². The topological polar surface area (TPSA) is 24.1 Å². The summed E-state index contributed by atoms with van der Waals surface area (Å²) in [5, 5.41) is 9.57. The van der Waals surface area contributed by atoms with Gasteiger partial charge in [-0.15, -0.1) is 11.3 Å². The smallest absolute Gasteiger partial charge is 0.166 e. The molecule has 1 atom stereocenters. The summed E-state index contributed by atoms with van der Waals surface area (Å²) in [6.07, 6.45) is 3.74. The summed E-state index contributed by atoms with van der Waals surface area (Å²) in [7, 11) is 0. The summed E-state index contributed by atoms with van der Waals surface area (Å²) >= 11 is 7.08. The highest BCUT2D eigenvalue weighted by molar-refractivity contribution is 7.80. The average Bonchev–Trinajstić information content (AvgIpc) is 2.85. The third kappa shape index (κ3) is 3.96.